The highest BCUT2D eigenvalue weighted by Gasteiger charge is 2.17. The number of sulfonamides is 1. The average Bonchev–Trinajstić information content (AvgIpc) is 2.65. The van der Waals surface area contributed by atoms with Gasteiger partial charge in [-0.2, -0.15) is 5.26 Å². The van der Waals surface area contributed by atoms with E-state index in [1.165, 1.54) is 18.2 Å². The van der Waals surface area contributed by atoms with E-state index in [1.807, 2.05) is 25.1 Å². The van der Waals surface area contributed by atoms with E-state index >= 15 is 0 Å². The molecule has 0 radical (unpaired) electrons. The van der Waals surface area contributed by atoms with Crippen LogP contribution in [0.3, 0.4) is 0 Å². The first kappa shape index (κ1) is 18.8. The Morgan fingerprint density at radius 3 is 2.67 bits per heavy atom. The molecule has 2 aromatic carbocycles. The lowest BCUT2D eigenvalue weighted by atomic mass is 10.1. The highest BCUT2D eigenvalue weighted by molar-refractivity contribution is 7.89. The summed E-state index contributed by atoms with van der Waals surface area (Å²) in [5, 5.41) is 13.2. The van der Waals surface area contributed by atoms with E-state index in [0.29, 0.717) is 11.4 Å². The van der Waals surface area contributed by atoms with Crippen LogP contribution < -0.4 is 10.0 Å². The molecule has 138 valence electrons. The lowest BCUT2D eigenvalue weighted by Crippen LogP contribution is -2.29. The molecule has 0 aliphatic heterocycles. The van der Waals surface area contributed by atoms with Gasteiger partial charge in [0.15, 0.2) is 0 Å². The number of fused-ring (bicyclic) bond motifs is 1. The van der Waals surface area contributed by atoms with Gasteiger partial charge in [-0.1, -0.05) is 30.3 Å². The van der Waals surface area contributed by atoms with E-state index in [9.17, 15) is 18.1 Å². The Balaban J connectivity index is 1.71. The normalized spacial score (nSPS) is 11.3. The average molecular weight is 384 g/mol. The molecular weight excluding hydrogens is 367 g/mol. The number of halogens is 1. The zero-order valence-electron chi connectivity index (χ0n) is 14.5. The van der Waals surface area contributed by atoms with E-state index in [1.54, 1.807) is 6.07 Å². The third kappa shape index (κ3) is 4.05. The summed E-state index contributed by atoms with van der Waals surface area (Å²) in [5.41, 5.74) is 2.11. The molecule has 0 amide bonds. The Morgan fingerprint density at radius 1 is 1.15 bits per heavy atom. The first-order valence-electron chi connectivity index (χ1n) is 8.21. The number of hydrogen-bond donors (Lipinski definition) is 2. The van der Waals surface area contributed by atoms with Gasteiger partial charge in [0.2, 0.25) is 10.0 Å². The maximum Gasteiger partial charge on any atom is 0.243 e. The molecule has 1 aromatic heterocycles. The second-order valence-corrected chi connectivity index (χ2v) is 7.63. The molecule has 3 aromatic rings. The second-order valence-electron chi connectivity index (χ2n) is 5.90. The number of aromatic nitrogens is 1. The summed E-state index contributed by atoms with van der Waals surface area (Å²) in [6.07, 6.45) is 0. The minimum absolute atomic E-state index is 0.00895. The first-order chi connectivity index (χ1) is 12.9. The van der Waals surface area contributed by atoms with Gasteiger partial charge in [-0.3, -0.25) is 0 Å². The molecule has 1 heterocycles. The molecule has 0 saturated heterocycles. The van der Waals surface area contributed by atoms with Crippen LogP contribution in [0.5, 0.6) is 0 Å². The number of nitrogens with one attached hydrogen (secondary N) is 2. The summed E-state index contributed by atoms with van der Waals surface area (Å²) >= 11 is 0. The molecule has 0 fully saturated rings. The van der Waals surface area contributed by atoms with Crippen LogP contribution >= 0.6 is 0 Å². The van der Waals surface area contributed by atoms with Crippen molar-refractivity contribution in [2.24, 2.45) is 0 Å². The summed E-state index contributed by atoms with van der Waals surface area (Å²) in [6, 6.07) is 14.7. The van der Waals surface area contributed by atoms with E-state index in [0.717, 1.165) is 22.5 Å². The molecule has 6 nitrogen and oxygen atoms in total. The van der Waals surface area contributed by atoms with Crippen LogP contribution in [0, 0.1) is 24.1 Å². The van der Waals surface area contributed by atoms with Crippen LogP contribution in [0.4, 0.5) is 10.2 Å². The third-order valence-electron chi connectivity index (χ3n) is 4.00. The lowest BCUT2D eigenvalue weighted by molar-refractivity contribution is 0.558. The fourth-order valence-corrected chi connectivity index (χ4v) is 3.78. The summed E-state index contributed by atoms with van der Waals surface area (Å²) < 4.78 is 40.3. The minimum Gasteiger partial charge on any atom is -0.368 e. The van der Waals surface area contributed by atoms with Crippen molar-refractivity contribution in [3.8, 4) is 6.07 Å². The minimum atomic E-state index is -3.95. The van der Waals surface area contributed by atoms with E-state index < -0.39 is 20.7 Å². The Bertz CT molecular complexity index is 1140. The standard InChI is InChI=1S/C19H17FN4O2S/c1-13-5-4-6-14-11-15(12-21)19(24-18(13)14)22-9-10-23-27(25,26)17-8-3-2-7-16(17)20/h2-8,11,23H,9-10H2,1H3,(H,22,24). The topological polar surface area (TPSA) is 94.9 Å². The van der Waals surface area contributed by atoms with Gasteiger partial charge in [0.1, 0.15) is 22.6 Å². The molecule has 0 spiro atoms. The van der Waals surface area contributed by atoms with E-state index in [2.05, 4.69) is 21.1 Å². The van der Waals surface area contributed by atoms with Gasteiger partial charge in [0, 0.05) is 18.5 Å². The molecule has 0 saturated carbocycles. The van der Waals surface area contributed by atoms with Gasteiger partial charge in [-0.05, 0) is 30.7 Å². The van der Waals surface area contributed by atoms with Gasteiger partial charge in [0.25, 0.3) is 0 Å². The summed E-state index contributed by atoms with van der Waals surface area (Å²) in [7, 11) is -3.95. The molecule has 27 heavy (non-hydrogen) atoms. The monoisotopic (exact) mass is 384 g/mol. The SMILES string of the molecule is Cc1cccc2cc(C#N)c(NCCNS(=O)(=O)c3ccccc3F)nc12. The van der Waals surface area contributed by atoms with Crippen LogP contribution in [0.1, 0.15) is 11.1 Å². The Hall–Kier alpha value is -3.02. The zero-order valence-corrected chi connectivity index (χ0v) is 15.3. The predicted molar refractivity (Wildman–Crippen MR) is 101 cm³/mol. The van der Waals surface area contributed by atoms with Crippen LogP contribution in [0.2, 0.25) is 0 Å². The predicted octanol–water partition coefficient (Wildman–Crippen LogP) is 2.94. The van der Waals surface area contributed by atoms with E-state index in [4.69, 9.17) is 0 Å². The molecule has 2 N–H and O–H groups in total. The number of rotatable bonds is 6. The molecular formula is C19H17FN4O2S. The quantitative estimate of drug-likeness (QED) is 0.637. The maximum atomic E-state index is 13.7. The molecule has 0 unspecified atom stereocenters. The Labute approximate surface area is 156 Å². The number of pyridine rings is 1. The fraction of sp³-hybridized carbons (Fsp3) is 0.158. The smallest absolute Gasteiger partial charge is 0.243 e. The number of nitrogens with zero attached hydrogens (tertiary/aromatic N) is 2. The van der Waals surface area contributed by atoms with Crippen LogP contribution in [0.15, 0.2) is 53.4 Å². The first-order valence-corrected chi connectivity index (χ1v) is 9.69. The van der Waals surface area contributed by atoms with Crippen molar-refractivity contribution in [1.82, 2.24) is 9.71 Å². The third-order valence-corrected chi connectivity index (χ3v) is 5.50. The summed E-state index contributed by atoms with van der Waals surface area (Å²) in [4.78, 5) is 4.08. The largest absolute Gasteiger partial charge is 0.368 e. The van der Waals surface area contributed by atoms with Gasteiger partial charge >= 0.3 is 0 Å². The zero-order chi connectivity index (χ0) is 19.4. The van der Waals surface area contributed by atoms with Gasteiger partial charge in [0.05, 0.1) is 11.1 Å². The Kier molecular flexibility index (Phi) is 5.35. The number of benzene rings is 2. The summed E-state index contributed by atoms with van der Waals surface area (Å²) in [6.45, 7) is 2.12. The summed E-state index contributed by atoms with van der Waals surface area (Å²) in [5.74, 6) is -0.430. The van der Waals surface area contributed by atoms with Crippen LogP contribution in [-0.4, -0.2) is 26.5 Å². The molecule has 3 rings (SSSR count). The second kappa shape index (κ2) is 7.70. The van der Waals surface area contributed by atoms with Crippen molar-refractivity contribution in [3.05, 3.63) is 65.5 Å². The molecule has 0 atom stereocenters. The number of aryl methyl sites for hydroxylation is 1. The molecule has 0 aliphatic rings. The van der Waals surface area contributed by atoms with Crippen molar-refractivity contribution in [2.45, 2.75) is 11.8 Å². The molecule has 0 bridgehead atoms. The van der Waals surface area contributed by atoms with Crippen molar-refractivity contribution in [1.29, 1.82) is 5.26 Å². The fourth-order valence-electron chi connectivity index (χ4n) is 2.67. The van der Waals surface area contributed by atoms with Gasteiger partial charge in [-0.25, -0.2) is 22.5 Å². The number of anilines is 1. The van der Waals surface area contributed by atoms with Crippen molar-refractivity contribution >= 4 is 26.7 Å². The molecule has 8 heteroatoms. The van der Waals surface area contributed by atoms with Crippen molar-refractivity contribution in [2.75, 3.05) is 18.4 Å². The van der Waals surface area contributed by atoms with Gasteiger partial charge < -0.3 is 5.32 Å². The van der Waals surface area contributed by atoms with Crippen molar-refractivity contribution < 1.29 is 12.8 Å². The maximum absolute atomic E-state index is 13.7. The Morgan fingerprint density at radius 2 is 1.93 bits per heavy atom. The lowest BCUT2D eigenvalue weighted by Gasteiger charge is -2.11. The number of para-hydroxylation sites is 1. The highest BCUT2D eigenvalue weighted by atomic mass is 32.2. The van der Waals surface area contributed by atoms with Crippen LogP contribution in [0.25, 0.3) is 10.9 Å². The molecule has 0 aliphatic carbocycles. The highest BCUT2D eigenvalue weighted by Crippen LogP contribution is 2.22. The van der Waals surface area contributed by atoms with Crippen LogP contribution in [-0.2, 0) is 10.0 Å². The number of nitriles is 1. The van der Waals surface area contributed by atoms with Crippen molar-refractivity contribution in [3.63, 3.8) is 0 Å². The van der Waals surface area contributed by atoms with E-state index in [-0.39, 0.29) is 13.1 Å². The van der Waals surface area contributed by atoms with Gasteiger partial charge in [-0.15, -0.1) is 0 Å². The number of hydrogen-bond acceptors (Lipinski definition) is 5.